The highest BCUT2D eigenvalue weighted by molar-refractivity contribution is 7.93. The van der Waals surface area contributed by atoms with E-state index in [-0.39, 0.29) is 40.3 Å². The van der Waals surface area contributed by atoms with Gasteiger partial charge >= 0.3 is 5.76 Å². The minimum absolute atomic E-state index is 0.0214. The number of aryl methyl sites for hydroxylation is 1. The van der Waals surface area contributed by atoms with Gasteiger partial charge in [-0.3, -0.25) is 14.2 Å². The summed E-state index contributed by atoms with van der Waals surface area (Å²) in [5.74, 6) is -1.45. The van der Waals surface area contributed by atoms with Crippen LogP contribution in [0.2, 0.25) is 0 Å². The smallest absolute Gasteiger partial charge is 0.408 e. The molecule has 2 aliphatic rings. The number of rotatable bonds is 6. The number of fused-ring (bicyclic) bond motifs is 2. The molecule has 0 saturated carbocycles. The van der Waals surface area contributed by atoms with Crippen molar-refractivity contribution in [2.45, 2.75) is 36.7 Å². The number of anilines is 1. The first-order valence-corrected chi connectivity index (χ1v) is 16.3. The summed E-state index contributed by atoms with van der Waals surface area (Å²) in [6, 6.07) is 8.05. The van der Waals surface area contributed by atoms with Crippen LogP contribution >= 0.6 is 11.5 Å². The Hall–Kier alpha value is -3.14. The Morgan fingerprint density at radius 2 is 2.00 bits per heavy atom. The molecule has 4 aromatic rings. The highest BCUT2D eigenvalue weighted by Gasteiger charge is 2.31. The van der Waals surface area contributed by atoms with Crippen LogP contribution in [0.1, 0.15) is 23.1 Å². The number of sulfone groups is 1. The number of benzene rings is 2. The highest BCUT2D eigenvalue weighted by atomic mass is 32.2. The molecule has 206 valence electrons. The van der Waals surface area contributed by atoms with Crippen LogP contribution in [0.3, 0.4) is 0 Å². The van der Waals surface area contributed by atoms with Crippen LogP contribution in [-0.2, 0) is 39.2 Å². The van der Waals surface area contributed by atoms with Crippen LogP contribution in [0, 0.1) is 5.82 Å². The van der Waals surface area contributed by atoms with Crippen molar-refractivity contribution in [2.24, 2.45) is 0 Å². The summed E-state index contributed by atoms with van der Waals surface area (Å²) in [4.78, 5) is 18.1. The molecule has 1 fully saturated rings. The van der Waals surface area contributed by atoms with Crippen molar-refractivity contribution < 1.29 is 25.6 Å². The van der Waals surface area contributed by atoms with Crippen LogP contribution in [0.4, 0.5) is 9.52 Å². The number of hydrogen-bond donors (Lipinski definition) is 1. The monoisotopic (exact) mass is 593 g/mol. The van der Waals surface area contributed by atoms with Crippen molar-refractivity contribution in [3.63, 3.8) is 0 Å². The zero-order chi connectivity index (χ0) is 27.4. The number of sulfonamides is 1. The van der Waals surface area contributed by atoms with Gasteiger partial charge in [-0.25, -0.2) is 31.0 Å². The fraction of sp³-hybridized carbons (Fsp3) is 0.375. The van der Waals surface area contributed by atoms with Gasteiger partial charge < -0.3 is 4.42 Å². The zero-order valence-electron chi connectivity index (χ0n) is 20.5. The third kappa shape index (κ3) is 5.11. The average molecular weight is 594 g/mol. The minimum atomic E-state index is -4.33. The van der Waals surface area contributed by atoms with Crippen LogP contribution in [0.25, 0.3) is 11.1 Å². The Bertz CT molecular complexity index is 1820. The van der Waals surface area contributed by atoms with E-state index in [4.69, 9.17) is 4.42 Å². The lowest BCUT2D eigenvalue weighted by atomic mass is 9.84. The summed E-state index contributed by atoms with van der Waals surface area (Å²) in [6.45, 7) is 1.13. The number of halogens is 1. The predicted molar refractivity (Wildman–Crippen MR) is 143 cm³/mol. The molecule has 1 saturated heterocycles. The molecule has 6 rings (SSSR count). The molecule has 15 heteroatoms. The SMILES string of the molecule is O=c1oc2cc(S(=O)(=O)Nc3ncns3)c(F)cc2n1Cc1cccc2c1CC(N1CCS(=O)(=O)CC1)CC2. The second-order valence-electron chi connectivity index (χ2n) is 9.70. The Morgan fingerprint density at radius 1 is 1.21 bits per heavy atom. The van der Waals surface area contributed by atoms with Gasteiger partial charge in [0.05, 0.1) is 23.6 Å². The molecule has 0 spiro atoms. The first-order chi connectivity index (χ1) is 18.6. The van der Waals surface area contributed by atoms with Crippen LogP contribution in [0.5, 0.6) is 0 Å². The maximum atomic E-state index is 15.1. The zero-order valence-corrected chi connectivity index (χ0v) is 23.0. The van der Waals surface area contributed by atoms with E-state index >= 15 is 4.39 Å². The van der Waals surface area contributed by atoms with Gasteiger partial charge in [0.1, 0.15) is 17.0 Å². The maximum Gasteiger partial charge on any atom is 0.420 e. The van der Waals surface area contributed by atoms with Crippen molar-refractivity contribution in [2.75, 3.05) is 29.3 Å². The molecule has 1 unspecified atom stereocenters. The van der Waals surface area contributed by atoms with E-state index in [0.717, 1.165) is 53.2 Å². The lowest BCUT2D eigenvalue weighted by Gasteiger charge is -2.37. The molecule has 1 atom stereocenters. The van der Waals surface area contributed by atoms with Crippen molar-refractivity contribution in [1.82, 2.24) is 18.8 Å². The number of nitrogens with one attached hydrogen (secondary N) is 1. The van der Waals surface area contributed by atoms with Gasteiger partial charge in [-0.15, -0.1) is 0 Å². The maximum absolute atomic E-state index is 15.1. The lowest BCUT2D eigenvalue weighted by Crippen LogP contribution is -2.48. The third-order valence-electron chi connectivity index (χ3n) is 7.37. The minimum Gasteiger partial charge on any atom is -0.408 e. The van der Waals surface area contributed by atoms with E-state index in [1.807, 2.05) is 18.2 Å². The first-order valence-electron chi connectivity index (χ1n) is 12.3. The van der Waals surface area contributed by atoms with E-state index in [1.54, 1.807) is 0 Å². The number of oxazole rings is 1. The standard InChI is InChI=1S/C24H24FN5O6S3/c25-19-11-20-21(12-22(19)39(34,35)28-23-26-14-27-37-23)36-24(31)30(20)13-16-3-1-2-15-4-5-17(10-18(15)16)29-6-8-38(32,33)9-7-29/h1-3,11-12,14,17H,4-10,13H2,(H,26,27,28). The highest BCUT2D eigenvalue weighted by Crippen LogP contribution is 2.30. The molecular weight excluding hydrogens is 569 g/mol. The summed E-state index contributed by atoms with van der Waals surface area (Å²) in [6.07, 6.45) is 3.63. The van der Waals surface area contributed by atoms with Crippen molar-refractivity contribution >= 4 is 47.6 Å². The number of nitrogens with zero attached hydrogens (tertiary/aromatic N) is 4. The number of aromatic nitrogens is 3. The molecular formula is C24H24FN5O6S3. The van der Waals surface area contributed by atoms with Crippen LogP contribution in [-0.4, -0.2) is 66.3 Å². The molecule has 3 heterocycles. The van der Waals surface area contributed by atoms with Crippen LogP contribution in [0.15, 0.2) is 50.8 Å². The molecule has 1 aliphatic carbocycles. The largest absolute Gasteiger partial charge is 0.420 e. The molecule has 11 nitrogen and oxygen atoms in total. The van der Waals surface area contributed by atoms with E-state index in [2.05, 4.69) is 19.0 Å². The summed E-state index contributed by atoms with van der Waals surface area (Å²) >= 11 is 0.801. The van der Waals surface area contributed by atoms with Gasteiger partial charge in [-0.1, -0.05) is 18.2 Å². The fourth-order valence-electron chi connectivity index (χ4n) is 5.37. The summed E-state index contributed by atoms with van der Waals surface area (Å²) < 4.78 is 76.8. The molecule has 1 aliphatic heterocycles. The lowest BCUT2D eigenvalue weighted by molar-refractivity contribution is 0.194. The summed E-state index contributed by atoms with van der Waals surface area (Å²) in [5, 5.41) is -0.0214. The molecule has 39 heavy (non-hydrogen) atoms. The second-order valence-corrected chi connectivity index (χ2v) is 14.4. The van der Waals surface area contributed by atoms with Crippen molar-refractivity contribution in [1.29, 1.82) is 0 Å². The molecule has 0 radical (unpaired) electrons. The van der Waals surface area contributed by atoms with Gasteiger partial charge in [-0.2, -0.15) is 4.37 Å². The van der Waals surface area contributed by atoms with Gasteiger partial charge in [-0.05, 0) is 36.0 Å². The Kier molecular flexibility index (Phi) is 6.56. The Balaban J connectivity index is 1.30. The van der Waals surface area contributed by atoms with E-state index < -0.39 is 36.3 Å². The molecule has 2 aromatic heterocycles. The van der Waals surface area contributed by atoms with Crippen LogP contribution < -0.4 is 10.5 Å². The predicted octanol–water partition coefficient (Wildman–Crippen LogP) is 2.02. The molecule has 2 aromatic carbocycles. The van der Waals surface area contributed by atoms with Gasteiger partial charge in [0, 0.05) is 42.8 Å². The second kappa shape index (κ2) is 9.80. The summed E-state index contributed by atoms with van der Waals surface area (Å²) in [5.41, 5.74) is 3.21. The van der Waals surface area contributed by atoms with E-state index in [9.17, 15) is 21.6 Å². The van der Waals surface area contributed by atoms with E-state index in [1.165, 1.54) is 10.9 Å². The van der Waals surface area contributed by atoms with Gasteiger partial charge in [0.2, 0.25) is 5.13 Å². The average Bonchev–Trinajstić information content (AvgIpc) is 3.50. The quantitative estimate of drug-likeness (QED) is 0.355. The Morgan fingerprint density at radius 3 is 2.74 bits per heavy atom. The molecule has 0 bridgehead atoms. The first kappa shape index (κ1) is 26.1. The van der Waals surface area contributed by atoms with Crippen molar-refractivity contribution in [3.8, 4) is 0 Å². The summed E-state index contributed by atoms with van der Waals surface area (Å²) in [7, 11) is -7.31. The Labute approximate surface area is 227 Å². The molecule has 0 amide bonds. The molecule has 1 N–H and O–H groups in total. The van der Waals surface area contributed by atoms with Crippen molar-refractivity contribution in [3.05, 3.63) is 69.7 Å². The fourth-order valence-corrected chi connectivity index (χ4v) is 8.34. The third-order valence-corrected chi connectivity index (χ3v) is 11.0. The topological polar surface area (TPSA) is 144 Å². The number of hydrogen-bond acceptors (Lipinski definition) is 10. The normalized spacial score (nSPS) is 19.7. The van der Waals surface area contributed by atoms with Gasteiger partial charge in [0.15, 0.2) is 15.4 Å². The van der Waals surface area contributed by atoms with E-state index in [0.29, 0.717) is 19.5 Å². The van der Waals surface area contributed by atoms with Gasteiger partial charge in [0.25, 0.3) is 10.0 Å².